The molecular weight excluding hydrogens is 308 g/mol. The molecule has 0 aromatic carbocycles. The van der Waals surface area contributed by atoms with E-state index in [2.05, 4.69) is 0 Å². The van der Waals surface area contributed by atoms with Gasteiger partial charge in [0, 0.05) is 30.5 Å². The molecule has 6 heteroatoms. The minimum atomic E-state index is -0.139. The van der Waals surface area contributed by atoms with Gasteiger partial charge in [-0.3, -0.25) is 9.59 Å². The molecule has 0 saturated heterocycles. The Hall–Kier alpha value is -0.200. The first-order valence-electron chi connectivity index (χ1n) is 7.46. The molecule has 0 aromatic rings. The van der Waals surface area contributed by atoms with Gasteiger partial charge >= 0.3 is 5.97 Å². The Kier molecular flexibility index (Phi) is 13.3. The molecule has 0 saturated carbocycles. The molecule has 0 rings (SSSR count). The molecule has 0 amide bonds. The Labute approximate surface area is 136 Å². The summed E-state index contributed by atoms with van der Waals surface area (Å²) >= 11 is 0. The van der Waals surface area contributed by atoms with Gasteiger partial charge in [-0.05, 0) is 6.42 Å². The van der Waals surface area contributed by atoms with Gasteiger partial charge in [0.2, 0.25) is 0 Å². The first kappa shape index (κ1) is 20.8. The van der Waals surface area contributed by atoms with E-state index >= 15 is 0 Å². The van der Waals surface area contributed by atoms with Crippen molar-refractivity contribution >= 4 is 33.3 Å². The number of ether oxygens (including phenoxy) is 2. The maximum absolute atomic E-state index is 11.4. The summed E-state index contributed by atoms with van der Waals surface area (Å²) in [7, 11) is 3.40. The molecule has 124 valence electrons. The van der Waals surface area contributed by atoms with E-state index in [0.29, 0.717) is 32.0 Å². The summed E-state index contributed by atoms with van der Waals surface area (Å²) in [5.41, 5.74) is 0. The quantitative estimate of drug-likeness (QED) is 0.291. The van der Waals surface area contributed by atoms with Gasteiger partial charge in [0.25, 0.3) is 0 Å². The van der Waals surface area contributed by atoms with Crippen LogP contribution in [0.1, 0.15) is 40.5 Å². The number of esters is 1. The number of rotatable bonds is 13. The Morgan fingerprint density at radius 3 is 2.10 bits per heavy atom. The zero-order valence-electron chi connectivity index (χ0n) is 13.6. The van der Waals surface area contributed by atoms with E-state index in [1.165, 1.54) is 0 Å². The minimum absolute atomic E-state index is 0.0568. The molecule has 0 aromatic heterocycles. The monoisotopic (exact) mass is 336 g/mol. The summed E-state index contributed by atoms with van der Waals surface area (Å²) in [6, 6.07) is 0. The highest BCUT2D eigenvalue weighted by atomic mass is 33.1. The second-order valence-electron chi connectivity index (χ2n) is 5.30. The molecule has 4 nitrogen and oxygen atoms in total. The van der Waals surface area contributed by atoms with Crippen molar-refractivity contribution in [2.75, 3.05) is 31.3 Å². The topological polar surface area (TPSA) is 52.6 Å². The van der Waals surface area contributed by atoms with Crippen molar-refractivity contribution in [2.45, 2.75) is 40.5 Å². The fourth-order valence-electron chi connectivity index (χ4n) is 1.29. The maximum Gasteiger partial charge on any atom is 0.308 e. The van der Waals surface area contributed by atoms with E-state index in [1.54, 1.807) is 21.6 Å². The summed E-state index contributed by atoms with van der Waals surface area (Å²) in [5, 5.41) is 0. The number of hydrogen-bond acceptors (Lipinski definition) is 6. The van der Waals surface area contributed by atoms with Crippen LogP contribution in [0.5, 0.6) is 0 Å². The molecule has 0 heterocycles. The van der Waals surface area contributed by atoms with Crippen LogP contribution < -0.4 is 0 Å². The van der Waals surface area contributed by atoms with Gasteiger partial charge < -0.3 is 9.47 Å². The zero-order chi connectivity index (χ0) is 16.1. The van der Waals surface area contributed by atoms with Crippen LogP contribution in [0, 0.1) is 11.8 Å². The predicted octanol–water partition coefficient (Wildman–Crippen LogP) is 3.59. The Morgan fingerprint density at radius 2 is 1.52 bits per heavy atom. The number of carbonyl (C=O) groups excluding carboxylic acids is 2. The predicted molar refractivity (Wildman–Crippen MR) is 90.6 cm³/mol. The molecule has 0 unspecified atom stereocenters. The molecule has 21 heavy (non-hydrogen) atoms. The van der Waals surface area contributed by atoms with Crippen LogP contribution in [0.25, 0.3) is 0 Å². The van der Waals surface area contributed by atoms with Crippen molar-refractivity contribution in [3.8, 4) is 0 Å². The highest BCUT2D eigenvalue weighted by Crippen LogP contribution is 2.20. The van der Waals surface area contributed by atoms with Crippen molar-refractivity contribution in [1.29, 1.82) is 0 Å². The lowest BCUT2D eigenvalue weighted by molar-refractivity contribution is -0.146. The fourth-order valence-corrected chi connectivity index (χ4v) is 2.98. The third kappa shape index (κ3) is 13.2. The van der Waals surface area contributed by atoms with Crippen molar-refractivity contribution < 1.29 is 19.1 Å². The molecule has 0 atom stereocenters. The van der Waals surface area contributed by atoms with Gasteiger partial charge in [0.1, 0.15) is 12.4 Å². The van der Waals surface area contributed by atoms with Crippen LogP contribution >= 0.6 is 21.6 Å². The molecular formula is C15H28O4S2. The third-order valence-corrected chi connectivity index (χ3v) is 4.97. The summed E-state index contributed by atoms with van der Waals surface area (Å²) in [6.07, 6.45) is 1.42. The largest absolute Gasteiger partial charge is 0.465 e. The van der Waals surface area contributed by atoms with E-state index in [9.17, 15) is 9.59 Å². The highest BCUT2D eigenvalue weighted by Gasteiger charge is 2.07. The molecule has 0 spiro atoms. The number of ketones is 1. The summed E-state index contributed by atoms with van der Waals surface area (Å²) in [5.74, 6) is 1.94. The van der Waals surface area contributed by atoms with Crippen LogP contribution in [0.15, 0.2) is 0 Å². The average molecular weight is 337 g/mol. The second-order valence-corrected chi connectivity index (χ2v) is 8.01. The summed E-state index contributed by atoms with van der Waals surface area (Å²) < 4.78 is 10.5. The lowest BCUT2D eigenvalue weighted by Crippen LogP contribution is -2.13. The Bertz CT molecular complexity index is 265. The molecule has 0 radical (unpaired) electrons. The molecule has 0 aliphatic heterocycles. The normalized spacial score (nSPS) is 11.1. The Balaban J connectivity index is 3.20. The number of hydrogen-bond donors (Lipinski definition) is 0. The fraction of sp³-hybridized carbons (Fsp3) is 0.867. The van der Waals surface area contributed by atoms with Crippen molar-refractivity contribution in [2.24, 2.45) is 11.8 Å². The highest BCUT2D eigenvalue weighted by molar-refractivity contribution is 8.76. The molecule has 0 aliphatic rings. The van der Waals surface area contributed by atoms with Crippen LogP contribution in [-0.2, 0) is 19.1 Å². The molecule has 0 N–H and O–H groups in total. The molecule has 0 aliphatic carbocycles. The standard InChI is InChI=1S/C15H28O4S2/c1-12(2)14(16)6-5-7-18-8-10-20-21-11-9-19-15(17)13(3)4/h12-13H,5-11H2,1-4H3. The minimum Gasteiger partial charge on any atom is -0.465 e. The van der Waals surface area contributed by atoms with Crippen LogP contribution in [-0.4, -0.2) is 43.1 Å². The van der Waals surface area contributed by atoms with Crippen molar-refractivity contribution in [3.63, 3.8) is 0 Å². The van der Waals surface area contributed by atoms with Gasteiger partial charge in [-0.1, -0.05) is 49.3 Å². The third-order valence-electron chi connectivity index (χ3n) is 2.63. The molecule has 0 fully saturated rings. The van der Waals surface area contributed by atoms with Gasteiger partial charge in [-0.25, -0.2) is 0 Å². The van der Waals surface area contributed by atoms with Crippen LogP contribution in [0.4, 0.5) is 0 Å². The van der Waals surface area contributed by atoms with Crippen molar-refractivity contribution in [3.05, 3.63) is 0 Å². The van der Waals surface area contributed by atoms with Crippen LogP contribution in [0.3, 0.4) is 0 Å². The van der Waals surface area contributed by atoms with Gasteiger partial charge in [-0.2, -0.15) is 0 Å². The maximum atomic E-state index is 11.4. The van der Waals surface area contributed by atoms with E-state index in [4.69, 9.17) is 9.47 Å². The van der Waals surface area contributed by atoms with E-state index in [0.717, 1.165) is 17.9 Å². The number of Topliss-reactive ketones (excluding diaryl/α,β-unsaturated/α-hetero) is 1. The van der Waals surface area contributed by atoms with Gasteiger partial charge in [0.15, 0.2) is 0 Å². The molecule has 0 bridgehead atoms. The lowest BCUT2D eigenvalue weighted by atomic mass is 10.1. The number of carbonyl (C=O) groups is 2. The SMILES string of the molecule is CC(C)C(=O)CCCOCCSSCCOC(=O)C(C)C. The zero-order valence-corrected chi connectivity index (χ0v) is 15.2. The first-order valence-corrected chi connectivity index (χ1v) is 9.95. The summed E-state index contributed by atoms with van der Waals surface area (Å²) in [4.78, 5) is 22.6. The van der Waals surface area contributed by atoms with E-state index in [1.807, 2.05) is 27.7 Å². The average Bonchev–Trinajstić information content (AvgIpc) is 2.43. The van der Waals surface area contributed by atoms with Gasteiger partial charge in [0.05, 0.1) is 12.5 Å². The van der Waals surface area contributed by atoms with E-state index < -0.39 is 0 Å². The smallest absolute Gasteiger partial charge is 0.308 e. The summed E-state index contributed by atoms with van der Waals surface area (Å²) in [6.45, 7) is 9.32. The van der Waals surface area contributed by atoms with E-state index in [-0.39, 0.29) is 17.8 Å². The lowest BCUT2D eigenvalue weighted by Gasteiger charge is -2.07. The van der Waals surface area contributed by atoms with Crippen molar-refractivity contribution in [1.82, 2.24) is 0 Å². The van der Waals surface area contributed by atoms with Crippen LogP contribution in [0.2, 0.25) is 0 Å². The van der Waals surface area contributed by atoms with Gasteiger partial charge in [-0.15, -0.1) is 0 Å². The second kappa shape index (κ2) is 13.5. The Morgan fingerprint density at radius 1 is 0.905 bits per heavy atom. The first-order chi connectivity index (χ1) is 9.95.